The molecule has 12 heteroatoms. The van der Waals surface area contributed by atoms with Crippen LogP contribution in [0.15, 0.2) is 53.6 Å². The van der Waals surface area contributed by atoms with Crippen LogP contribution in [-0.2, 0) is 16.5 Å². The molecule has 7 rings (SSSR count). The fourth-order valence-corrected chi connectivity index (χ4v) is 7.11. The first-order valence-corrected chi connectivity index (χ1v) is 17.3. The van der Waals surface area contributed by atoms with Gasteiger partial charge in [-0.3, -0.25) is 14.6 Å². The van der Waals surface area contributed by atoms with Crippen molar-refractivity contribution >= 4 is 34.0 Å². The number of benzene rings is 2. The number of hydrogen-bond donors (Lipinski definition) is 2. The topological polar surface area (TPSA) is 138 Å². The summed E-state index contributed by atoms with van der Waals surface area (Å²) in [5.74, 6) is 1.42. The van der Waals surface area contributed by atoms with Crippen molar-refractivity contribution in [2.45, 2.75) is 90.5 Å². The van der Waals surface area contributed by atoms with Crippen LogP contribution in [0.25, 0.3) is 44.3 Å². The Morgan fingerprint density at radius 1 is 0.720 bits per heavy atom. The number of imidazole rings is 2. The summed E-state index contributed by atoms with van der Waals surface area (Å²) in [5, 5.41) is 1.21. The Bertz CT molecular complexity index is 2170. The highest BCUT2D eigenvalue weighted by atomic mass is 16.6. The van der Waals surface area contributed by atoms with E-state index in [-0.39, 0.29) is 29.7 Å². The van der Waals surface area contributed by atoms with E-state index in [1.54, 1.807) is 22.2 Å². The van der Waals surface area contributed by atoms with Crippen molar-refractivity contribution < 1.29 is 19.1 Å². The van der Waals surface area contributed by atoms with Crippen molar-refractivity contribution in [2.24, 2.45) is 7.05 Å². The largest absolute Gasteiger partial charge is 0.444 e. The van der Waals surface area contributed by atoms with E-state index in [1.165, 1.54) is 0 Å². The highest BCUT2D eigenvalue weighted by Gasteiger charge is 2.36. The lowest BCUT2D eigenvalue weighted by Gasteiger charge is -2.27. The third kappa shape index (κ3) is 6.34. The molecule has 0 unspecified atom stereocenters. The molecular formula is C38H45N7O5. The Morgan fingerprint density at radius 2 is 1.22 bits per heavy atom. The number of pyridine rings is 1. The SMILES string of the molecule is Cn1c2ccc(-c3cnc([C@@H]4CCCN4C(=O)OC(C)(C)C)[nH]3)cc2c(=O)c2ccc(-c3cnc([C@@H]4CCCN4C(=O)OC(C)(C)C)[nH]3)cc21. The summed E-state index contributed by atoms with van der Waals surface area (Å²) in [7, 11) is 1.96. The van der Waals surface area contributed by atoms with Gasteiger partial charge in [0.05, 0.1) is 46.9 Å². The highest BCUT2D eigenvalue weighted by molar-refractivity contribution is 5.96. The first kappa shape index (κ1) is 33.4. The Morgan fingerprint density at radius 3 is 1.74 bits per heavy atom. The quantitative estimate of drug-likeness (QED) is 0.186. The molecule has 0 radical (unpaired) electrons. The molecule has 2 aliphatic heterocycles. The molecule has 2 aliphatic rings. The first-order valence-electron chi connectivity index (χ1n) is 17.3. The standard InChI is InChI=1S/C38H45N7O5/c1-37(2,3)49-35(47)44-16-8-10-29(44)33-39-20-26(41-33)22-13-15-28-25(18-22)32(46)24-14-12-23(19-31(24)43(28)7)27-21-40-34(42-27)30-11-9-17-45(30)36(48)50-38(4,5)6/h12-15,18-21,29-30H,8-11,16-17H2,1-7H3,(H,39,41)(H,40,42)/t29-,30-/m0/s1. The van der Waals surface area contributed by atoms with Crippen LogP contribution in [0.4, 0.5) is 9.59 Å². The van der Waals surface area contributed by atoms with Gasteiger partial charge in [0.25, 0.3) is 0 Å². The maximum absolute atomic E-state index is 13.9. The van der Waals surface area contributed by atoms with Crippen LogP contribution in [0, 0.1) is 0 Å². The number of hydrogen-bond acceptors (Lipinski definition) is 7. The van der Waals surface area contributed by atoms with Crippen LogP contribution in [-0.4, -0.2) is 70.8 Å². The molecule has 2 saturated heterocycles. The number of carbonyl (C=O) groups excluding carboxylic acids is 2. The van der Waals surface area contributed by atoms with Gasteiger partial charge in [-0.1, -0.05) is 12.1 Å². The summed E-state index contributed by atoms with van der Waals surface area (Å²) in [5.41, 5.74) is 3.71. The van der Waals surface area contributed by atoms with Gasteiger partial charge in [-0.2, -0.15) is 0 Å². The molecule has 0 aliphatic carbocycles. The number of rotatable bonds is 4. The molecule has 5 heterocycles. The van der Waals surface area contributed by atoms with Gasteiger partial charge in [0.1, 0.15) is 22.9 Å². The fourth-order valence-electron chi connectivity index (χ4n) is 7.11. The number of aromatic amines is 2. The molecule has 5 aromatic rings. The Hall–Kier alpha value is -5.13. The molecule has 262 valence electrons. The van der Waals surface area contributed by atoms with Crippen molar-refractivity contribution in [2.75, 3.05) is 13.1 Å². The fraction of sp³-hybridized carbons (Fsp3) is 0.447. The van der Waals surface area contributed by atoms with Gasteiger partial charge < -0.3 is 24.0 Å². The molecular weight excluding hydrogens is 634 g/mol. The van der Waals surface area contributed by atoms with Crippen molar-refractivity contribution in [1.29, 1.82) is 0 Å². The molecule has 2 amide bonds. The molecule has 0 saturated carbocycles. The highest BCUT2D eigenvalue weighted by Crippen LogP contribution is 2.35. The number of nitrogens with one attached hydrogen (secondary N) is 2. The predicted molar refractivity (Wildman–Crippen MR) is 192 cm³/mol. The third-order valence-electron chi connectivity index (χ3n) is 9.41. The van der Waals surface area contributed by atoms with Crippen molar-refractivity contribution in [1.82, 2.24) is 34.3 Å². The number of carbonyl (C=O) groups is 2. The smallest absolute Gasteiger partial charge is 0.410 e. The van der Waals surface area contributed by atoms with Crippen LogP contribution in [0.5, 0.6) is 0 Å². The molecule has 2 aromatic carbocycles. The molecule has 12 nitrogen and oxygen atoms in total. The van der Waals surface area contributed by atoms with E-state index >= 15 is 0 Å². The second kappa shape index (κ2) is 12.3. The molecule has 2 N–H and O–H groups in total. The number of H-pyrrole nitrogens is 2. The lowest BCUT2D eigenvalue weighted by Crippen LogP contribution is -2.36. The number of nitrogens with zero attached hydrogens (tertiary/aromatic N) is 5. The Balaban J connectivity index is 1.16. The van der Waals surface area contributed by atoms with Gasteiger partial charge in [-0.15, -0.1) is 0 Å². The van der Waals surface area contributed by atoms with Crippen LogP contribution in [0.2, 0.25) is 0 Å². The number of amides is 2. The van der Waals surface area contributed by atoms with E-state index in [0.29, 0.717) is 29.7 Å². The van der Waals surface area contributed by atoms with E-state index in [9.17, 15) is 14.4 Å². The van der Waals surface area contributed by atoms with Crippen molar-refractivity contribution in [3.05, 3.63) is 70.7 Å². The minimum atomic E-state index is -0.577. The minimum Gasteiger partial charge on any atom is -0.444 e. The molecule has 2 fully saturated rings. The zero-order chi connectivity index (χ0) is 35.5. The summed E-state index contributed by atoms with van der Waals surface area (Å²) >= 11 is 0. The zero-order valence-electron chi connectivity index (χ0n) is 29.8. The lowest BCUT2D eigenvalue weighted by atomic mass is 10.0. The molecule has 0 bridgehead atoms. The number of likely N-dealkylation sites (tertiary alicyclic amines) is 2. The van der Waals surface area contributed by atoms with Gasteiger partial charge in [0.15, 0.2) is 5.43 Å². The van der Waals surface area contributed by atoms with Gasteiger partial charge in [-0.05, 0) is 91.5 Å². The minimum absolute atomic E-state index is 0.0580. The normalized spacial score (nSPS) is 18.4. The Kier molecular flexibility index (Phi) is 8.23. The molecule has 0 spiro atoms. The number of ether oxygens (including phenoxy) is 2. The first-order chi connectivity index (χ1) is 23.7. The van der Waals surface area contributed by atoms with Crippen LogP contribution in [0.1, 0.15) is 91.0 Å². The monoisotopic (exact) mass is 679 g/mol. The second-order valence-electron chi connectivity index (χ2n) is 15.4. The van der Waals surface area contributed by atoms with Gasteiger partial charge in [0.2, 0.25) is 0 Å². The van der Waals surface area contributed by atoms with Crippen LogP contribution >= 0.6 is 0 Å². The second-order valence-corrected chi connectivity index (χ2v) is 15.4. The number of aromatic nitrogens is 5. The summed E-state index contributed by atoms with van der Waals surface area (Å²) in [6, 6.07) is 11.3. The summed E-state index contributed by atoms with van der Waals surface area (Å²) in [6.07, 6.45) is 6.22. The molecule has 3 aromatic heterocycles. The summed E-state index contributed by atoms with van der Waals surface area (Å²) in [6.45, 7) is 12.4. The van der Waals surface area contributed by atoms with Gasteiger partial charge >= 0.3 is 12.2 Å². The maximum Gasteiger partial charge on any atom is 0.410 e. The van der Waals surface area contributed by atoms with Gasteiger partial charge in [0, 0.05) is 42.0 Å². The average molecular weight is 680 g/mol. The zero-order valence-corrected chi connectivity index (χ0v) is 29.8. The summed E-state index contributed by atoms with van der Waals surface area (Å²) in [4.78, 5) is 59.3. The number of fused-ring (bicyclic) bond motifs is 2. The van der Waals surface area contributed by atoms with Crippen molar-refractivity contribution in [3.8, 4) is 22.5 Å². The maximum atomic E-state index is 13.9. The van der Waals surface area contributed by atoms with Crippen molar-refractivity contribution in [3.63, 3.8) is 0 Å². The summed E-state index contributed by atoms with van der Waals surface area (Å²) < 4.78 is 13.3. The third-order valence-corrected chi connectivity index (χ3v) is 9.41. The van der Waals surface area contributed by atoms with E-state index in [1.807, 2.05) is 89.6 Å². The lowest BCUT2D eigenvalue weighted by molar-refractivity contribution is 0.0208. The predicted octanol–water partition coefficient (Wildman–Crippen LogP) is 7.62. The Labute approximate surface area is 290 Å². The number of aryl methyl sites for hydroxylation is 1. The van der Waals surface area contributed by atoms with E-state index in [2.05, 4.69) is 19.9 Å². The molecule has 50 heavy (non-hydrogen) atoms. The van der Waals surface area contributed by atoms with E-state index in [0.717, 1.165) is 65.1 Å². The van der Waals surface area contributed by atoms with Crippen LogP contribution in [0.3, 0.4) is 0 Å². The molecule has 2 atom stereocenters. The average Bonchev–Trinajstić information content (AvgIpc) is 3.87. The van der Waals surface area contributed by atoms with Crippen LogP contribution < -0.4 is 5.43 Å². The van der Waals surface area contributed by atoms with Gasteiger partial charge in [-0.25, -0.2) is 19.6 Å². The van der Waals surface area contributed by atoms with E-state index in [4.69, 9.17) is 9.47 Å². The van der Waals surface area contributed by atoms with E-state index < -0.39 is 11.2 Å².